The summed E-state index contributed by atoms with van der Waals surface area (Å²) in [5.41, 5.74) is 0.491. The highest BCUT2D eigenvalue weighted by Gasteiger charge is 2.16. The lowest BCUT2D eigenvalue weighted by molar-refractivity contribution is 0.0680. The zero-order chi connectivity index (χ0) is 13.9. The molecule has 5 heteroatoms. The summed E-state index contributed by atoms with van der Waals surface area (Å²) in [6.07, 6.45) is 2.38. The highest BCUT2D eigenvalue weighted by molar-refractivity contribution is 6.58. The minimum Gasteiger partial charge on any atom is -0.491 e. The van der Waals surface area contributed by atoms with Gasteiger partial charge in [-0.15, -0.1) is 0 Å². The Labute approximate surface area is 118 Å². The zero-order valence-corrected chi connectivity index (χ0v) is 11.2. The van der Waals surface area contributed by atoms with Crippen LogP contribution in [0.3, 0.4) is 0 Å². The third-order valence-corrected chi connectivity index (χ3v) is 3.59. The third-order valence-electron chi connectivity index (χ3n) is 3.59. The van der Waals surface area contributed by atoms with Gasteiger partial charge >= 0.3 is 7.12 Å². The molecule has 0 aromatic heterocycles. The Morgan fingerprint density at radius 3 is 2.70 bits per heavy atom. The molecule has 1 fully saturated rings. The summed E-state index contributed by atoms with van der Waals surface area (Å²) in [6, 6.07) is 11.1. The van der Waals surface area contributed by atoms with Gasteiger partial charge in [-0.25, -0.2) is 0 Å². The van der Waals surface area contributed by atoms with Crippen LogP contribution in [-0.2, 0) is 4.74 Å². The molecule has 1 aliphatic rings. The first-order valence-corrected chi connectivity index (χ1v) is 6.86. The minimum atomic E-state index is -1.44. The van der Waals surface area contributed by atoms with Crippen LogP contribution in [0, 0.1) is 0 Å². The molecule has 4 nitrogen and oxygen atoms in total. The fourth-order valence-corrected chi connectivity index (χ4v) is 2.46. The second-order valence-corrected chi connectivity index (χ2v) is 5.09. The third kappa shape index (κ3) is 2.95. The van der Waals surface area contributed by atoms with Crippen molar-refractivity contribution >= 4 is 23.4 Å². The lowest BCUT2D eigenvalue weighted by Crippen LogP contribution is -2.29. The molecule has 1 heterocycles. The van der Waals surface area contributed by atoms with E-state index in [1.165, 1.54) is 0 Å². The van der Waals surface area contributed by atoms with Gasteiger partial charge in [0.1, 0.15) is 12.4 Å². The maximum atomic E-state index is 9.16. The summed E-state index contributed by atoms with van der Waals surface area (Å²) in [4.78, 5) is 0. The number of ether oxygens (including phenoxy) is 2. The molecule has 104 valence electrons. The number of rotatable bonds is 4. The van der Waals surface area contributed by atoms with Crippen LogP contribution >= 0.6 is 0 Å². The lowest BCUT2D eigenvalue weighted by Gasteiger charge is -2.12. The van der Waals surface area contributed by atoms with Gasteiger partial charge in [0.2, 0.25) is 0 Å². The van der Waals surface area contributed by atoms with Crippen molar-refractivity contribution in [2.75, 3.05) is 13.2 Å². The molecule has 1 aliphatic heterocycles. The molecular weight excluding hydrogens is 255 g/mol. The van der Waals surface area contributed by atoms with Crippen molar-refractivity contribution in [3.63, 3.8) is 0 Å². The molecule has 2 N–H and O–H groups in total. The molecule has 2 aromatic rings. The predicted octanol–water partition coefficient (Wildman–Crippen LogP) is 1.08. The van der Waals surface area contributed by atoms with Gasteiger partial charge in [0, 0.05) is 6.61 Å². The van der Waals surface area contributed by atoms with Crippen LogP contribution in [-0.4, -0.2) is 36.5 Å². The van der Waals surface area contributed by atoms with Crippen molar-refractivity contribution < 1.29 is 19.5 Å². The van der Waals surface area contributed by atoms with Gasteiger partial charge in [0.05, 0.1) is 6.10 Å². The summed E-state index contributed by atoms with van der Waals surface area (Å²) in [6.45, 7) is 1.41. The normalized spacial score (nSPS) is 18.4. The maximum absolute atomic E-state index is 9.16. The average molecular weight is 272 g/mol. The van der Waals surface area contributed by atoms with Crippen LogP contribution in [0.25, 0.3) is 10.8 Å². The van der Waals surface area contributed by atoms with Crippen LogP contribution in [0.4, 0.5) is 0 Å². The zero-order valence-electron chi connectivity index (χ0n) is 11.2. The molecule has 0 aliphatic carbocycles. The average Bonchev–Trinajstić information content (AvgIpc) is 2.97. The van der Waals surface area contributed by atoms with Crippen LogP contribution in [0.15, 0.2) is 36.4 Å². The molecule has 20 heavy (non-hydrogen) atoms. The van der Waals surface area contributed by atoms with E-state index in [2.05, 4.69) is 0 Å². The summed E-state index contributed by atoms with van der Waals surface area (Å²) in [5, 5.41) is 20.3. The van der Waals surface area contributed by atoms with Crippen molar-refractivity contribution in [3.8, 4) is 5.75 Å². The predicted molar refractivity (Wildman–Crippen MR) is 78.2 cm³/mol. The minimum absolute atomic E-state index is 0.206. The molecule has 0 amide bonds. The van der Waals surface area contributed by atoms with Crippen molar-refractivity contribution in [2.45, 2.75) is 18.9 Å². The Kier molecular flexibility index (Phi) is 3.92. The molecule has 3 rings (SSSR count). The van der Waals surface area contributed by atoms with Crippen molar-refractivity contribution in [2.24, 2.45) is 0 Å². The Hall–Kier alpha value is -1.56. The molecule has 0 radical (unpaired) electrons. The van der Waals surface area contributed by atoms with E-state index in [-0.39, 0.29) is 6.10 Å². The van der Waals surface area contributed by atoms with Crippen molar-refractivity contribution in [1.29, 1.82) is 0 Å². The molecule has 0 spiro atoms. The quantitative estimate of drug-likeness (QED) is 0.818. The van der Waals surface area contributed by atoms with Crippen LogP contribution in [0.1, 0.15) is 12.8 Å². The van der Waals surface area contributed by atoms with Gasteiger partial charge in [-0.2, -0.15) is 0 Å². The molecular formula is C15H17BO4. The SMILES string of the molecule is OB(O)c1ccc2cc(OCC3CCCO3)ccc2c1. The summed E-state index contributed by atoms with van der Waals surface area (Å²) in [5.74, 6) is 0.810. The standard InChI is InChI=1S/C15H17BO4/c17-16(18)13-5-3-12-9-14(6-4-11(12)8-13)20-10-15-2-1-7-19-15/h3-6,8-9,15,17-18H,1-2,7,10H2. The van der Waals surface area contributed by atoms with E-state index in [9.17, 15) is 0 Å². The molecule has 1 saturated heterocycles. The summed E-state index contributed by atoms with van der Waals surface area (Å²) >= 11 is 0. The second-order valence-electron chi connectivity index (χ2n) is 5.09. The highest BCUT2D eigenvalue weighted by Crippen LogP contribution is 2.21. The van der Waals surface area contributed by atoms with Crippen LogP contribution < -0.4 is 10.2 Å². The summed E-state index contributed by atoms with van der Waals surface area (Å²) in [7, 11) is -1.44. The summed E-state index contributed by atoms with van der Waals surface area (Å²) < 4.78 is 11.3. The first-order chi connectivity index (χ1) is 9.72. The van der Waals surface area contributed by atoms with E-state index in [1.807, 2.05) is 24.3 Å². The van der Waals surface area contributed by atoms with Gasteiger partial charge in [0.25, 0.3) is 0 Å². The second kappa shape index (κ2) is 5.83. The van der Waals surface area contributed by atoms with Gasteiger partial charge in [-0.05, 0) is 41.2 Å². The Morgan fingerprint density at radius 2 is 1.95 bits per heavy atom. The topological polar surface area (TPSA) is 58.9 Å². The first-order valence-electron chi connectivity index (χ1n) is 6.86. The van der Waals surface area contributed by atoms with E-state index in [0.29, 0.717) is 12.1 Å². The van der Waals surface area contributed by atoms with E-state index < -0.39 is 7.12 Å². The molecule has 0 bridgehead atoms. The van der Waals surface area contributed by atoms with Crippen molar-refractivity contribution in [1.82, 2.24) is 0 Å². The van der Waals surface area contributed by atoms with Gasteiger partial charge < -0.3 is 19.5 Å². The highest BCUT2D eigenvalue weighted by atomic mass is 16.5. The Balaban J connectivity index is 1.74. The molecule has 1 unspecified atom stereocenters. The first kappa shape index (κ1) is 13.4. The fourth-order valence-electron chi connectivity index (χ4n) is 2.46. The fraction of sp³-hybridized carbons (Fsp3) is 0.333. The number of fused-ring (bicyclic) bond motifs is 1. The Bertz CT molecular complexity index is 593. The van der Waals surface area contributed by atoms with Gasteiger partial charge in [0.15, 0.2) is 0 Å². The van der Waals surface area contributed by atoms with E-state index in [4.69, 9.17) is 19.5 Å². The maximum Gasteiger partial charge on any atom is 0.488 e. The van der Waals surface area contributed by atoms with Crippen LogP contribution in [0.2, 0.25) is 0 Å². The number of hydrogen-bond acceptors (Lipinski definition) is 4. The largest absolute Gasteiger partial charge is 0.491 e. The molecule has 2 aromatic carbocycles. The number of benzene rings is 2. The van der Waals surface area contributed by atoms with Crippen LogP contribution in [0.5, 0.6) is 5.75 Å². The smallest absolute Gasteiger partial charge is 0.488 e. The van der Waals surface area contributed by atoms with E-state index in [1.54, 1.807) is 12.1 Å². The Morgan fingerprint density at radius 1 is 1.15 bits per heavy atom. The molecule has 1 atom stereocenters. The van der Waals surface area contributed by atoms with Gasteiger partial charge in [-0.1, -0.05) is 24.3 Å². The lowest BCUT2D eigenvalue weighted by atomic mass is 9.79. The van der Waals surface area contributed by atoms with E-state index in [0.717, 1.165) is 36.0 Å². The van der Waals surface area contributed by atoms with E-state index >= 15 is 0 Å². The molecule has 0 saturated carbocycles. The van der Waals surface area contributed by atoms with Crippen molar-refractivity contribution in [3.05, 3.63) is 36.4 Å². The van der Waals surface area contributed by atoms with Gasteiger partial charge in [-0.3, -0.25) is 0 Å². The number of hydrogen-bond donors (Lipinski definition) is 2. The monoisotopic (exact) mass is 272 g/mol.